The monoisotopic (exact) mass is 278 g/mol. The molecule has 0 amide bonds. The van der Waals surface area contributed by atoms with E-state index in [9.17, 15) is 8.42 Å². The molecule has 0 atom stereocenters. The van der Waals surface area contributed by atoms with Crippen LogP contribution in [0.15, 0.2) is 34.1 Å². The molecule has 0 saturated carbocycles. The molecule has 0 bridgehead atoms. The maximum absolute atomic E-state index is 10.7. The summed E-state index contributed by atoms with van der Waals surface area (Å²) < 4.78 is 26.0. The SMILES string of the molecule is CSc1ccc(SCCOS(C)(=O)=O)cc1. The second-order valence-electron chi connectivity index (χ2n) is 3.05. The maximum Gasteiger partial charge on any atom is 0.264 e. The molecular weight excluding hydrogens is 264 g/mol. The third-order valence-electron chi connectivity index (χ3n) is 1.71. The Morgan fingerprint density at radius 1 is 1.19 bits per heavy atom. The lowest BCUT2D eigenvalue weighted by atomic mass is 10.4. The highest BCUT2D eigenvalue weighted by atomic mass is 32.2. The fraction of sp³-hybridized carbons (Fsp3) is 0.400. The van der Waals surface area contributed by atoms with Crippen molar-refractivity contribution in [2.45, 2.75) is 9.79 Å². The lowest BCUT2D eigenvalue weighted by molar-refractivity contribution is 0.345. The van der Waals surface area contributed by atoms with Crippen LogP contribution in [0.3, 0.4) is 0 Å². The van der Waals surface area contributed by atoms with Crippen LogP contribution in [0.5, 0.6) is 0 Å². The Bertz CT molecular complexity index is 411. The van der Waals surface area contributed by atoms with Crippen LogP contribution < -0.4 is 0 Å². The molecule has 0 heterocycles. The number of thioether (sulfide) groups is 2. The van der Waals surface area contributed by atoms with E-state index in [4.69, 9.17) is 0 Å². The summed E-state index contributed by atoms with van der Waals surface area (Å²) in [6.07, 6.45) is 3.09. The summed E-state index contributed by atoms with van der Waals surface area (Å²) in [5, 5.41) is 0. The van der Waals surface area contributed by atoms with Gasteiger partial charge in [-0.2, -0.15) is 8.42 Å². The summed E-state index contributed by atoms with van der Waals surface area (Å²) in [4.78, 5) is 2.34. The van der Waals surface area contributed by atoms with E-state index < -0.39 is 10.1 Å². The minimum absolute atomic E-state index is 0.216. The zero-order valence-corrected chi connectivity index (χ0v) is 11.6. The number of hydrogen-bond donors (Lipinski definition) is 0. The molecular formula is C10H14O3S3. The van der Waals surface area contributed by atoms with E-state index in [1.54, 1.807) is 23.5 Å². The van der Waals surface area contributed by atoms with Gasteiger partial charge in [-0.15, -0.1) is 23.5 Å². The van der Waals surface area contributed by atoms with E-state index in [1.165, 1.54) is 4.90 Å². The summed E-state index contributed by atoms with van der Waals surface area (Å²) in [6, 6.07) is 8.14. The van der Waals surface area contributed by atoms with Crippen LogP contribution in [0.4, 0.5) is 0 Å². The Balaban J connectivity index is 2.32. The van der Waals surface area contributed by atoms with E-state index in [2.05, 4.69) is 4.18 Å². The summed E-state index contributed by atoms with van der Waals surface area (Å²) >= 11 is 3.28. The highest BCUT2D eigenvalue weighted by molar-refractivity contribution is 7.99. The molecule has 1 rings (SSSR count). The molecule has 0 fully saturated rings. The van der Waals surface area contributed by atoms with Gasteiger partial charge in [-0.3, -0.25) is 4.18 Å². The van der Waals surface area contributed by atoms with Gasteiger partial charge in [-0.05, 0) is 30.5 Å². The van der Waals surface area contributed by atoms with Crippen molar-refractivity contribution in [2.24, 2.45) is 0 Å². The number of rotatable bonds is 6. The standard InChI is InChI=1S/C10H14O3S3/c1-14-9-3-5-10(6-4-9)15-8-7-13-16(2,11)12/h3-6H,7-8H2,1-2H3. The van der Waals surface area contributed by atoms with Gasteiger partial charge in [0.15, 0.2) is 0 Å². The zero-order valence-electron chi connectivity index (χ0n) is 9.17. The molecule has 1 aromatic carbocycles. The number of benzene rings is 1. The lowest BCUT2D eigenvalue weighted by Gasteiger charge is -2.02. The van der Waals surface area contributed by atoms with Crippen LogP contribution in [-0.4, -0.2) is 33.3 Å². The molecule has 0 saturated heterocycles. The average Bonchev–Trinajstić information content (AvgIpc) is 2.24. The van der Waals surface area contributed by atoms with Crippen LogP contribution in [0, 0.1) is 0 Å². The third kappa shape index (κ3) is 5.79. The highest BCUT2D eigenvalue weighted by Gasteiger charge is 2.01. The summed E-state index contributed by atoms with van der Waals surface area (Å²) in [5.74, 6) is 0.631. The highest BCUT2D eigenvalue weighted by Crippen LogP contribution is 2.21. The van der Waals surface area contributed by atoms with Crippen molar-refractivity contribution in [3.8, 4) is 0 Å². The first kappa shape index (κ1) is 13.9. The molecule has 0 spiro atoms. The van der Waals surface area contributed by atoms with E-state index in [0.29, 0.717) is 5.75 Å². The summed E-state index contributed by atoms with van der Waals surface area (Å²) in [7, 11) is -3.31. The first-order valence-corrected chi connectivity index (χ1v) is 8.65. The summed E-state index contributed by atoms with van der Waals surface area (Å²) in [6.45, 7) is 0.216. The Morgan fingerprint density at radius 2 is 1.75 bits per heavy atom. The van der Waals surface area contributed by atoms with Crippen LogP contribution in [0.1, 0.15) is 0 Å². The first-order valence-electron chi connectivity index (χ1n) is 4.62. The van der Waals surface area contributed by atoms with Crippen molar-refractivity contribution in [1.29, 1.82) is 0 Å². The van der Waals surface area contributed by atoms with Crippen LogP contribution in [0.2, 0.25) is 0 Å². The van der Waals surface area contributed by atoms with E-state index in [1.807, 2.05) is 30.5 Å². The predicted octanol–water partition coefficient (Wildman–Crippen LogP) is 2.48. The van der Waals surface area contributed by atoms with Crippen LogP contribution in [-0.2, 0) is 14.3 Å². The molecule has 6 heteroatoms. The Morgan fingerprint density at radius 3 is 2.25 bits per heavy atom. The van der Waals surface area contributed by atoms with E-state index >= 15 is 0 Å². The van der Waals surface area contributed by atoms with Gasteiger partial charge in [0.1, 0.15) is 0 Å². The molecule has 3 nitrogen and oxygen atoms in total. The maximum atomic E-state index is 10.7. The van der Waals surface area contributed by atoms with Crippen molar-refractivity contribution >= 4 is 33.6 Å². The van der Waals surface area contributed by atoms with E-state index in [-0.39, 0.29) is 6.61 Å². The van der Waals surface area contributed by atoms with Gasteiger partial charge in [0.25, 0.3) is 10.1 Å². The first-order chi connectivity index (χ1) is 7.51. The van der Waals surface area contributed by atoms with Crippen molar-refractivity contribution in [2.75, 3.05) is 24.9 Å². The second-order valence-corrected chi connectivity index (χ2v) is 6.74. The normalized spacial score (nSPS) is 11.6. The molecule has 1 aromatic rings. The van der Waals surface area contributed by atoms with E-state index in [0.717, 1.165) is 11.2 Å². The Kier molecular flexibility index (Phi) is 5.68. The molecule has 90 valence electrons. The van der Waals surface area contributed by atoms with Crippen LogP contribution in [0.25, 0.3) is 0 Å². The third-order valence-corrected chi connectivity index (χ3v) is 4.02. The second kappa shape index (κ2) is 6.54. The molecule has 0 aliphatic heterocycles. The van der Waals surface area contributed by atoms with Gasteiger partial charge in [-0.25, -0.2) is 0 Å². The fourth-order valence-corrected chi connectivity index (χ4v) is 2.65. The minimum Gasteiger partial charge on any atom is -0.269 e. The topological polar surface area (TPSA) is 43.4 Å². The predicted molar refractivity (Wildman–Crippen MR) is 69.7 cm³/mol. The Labute approximate surface area is 105 Å². The van der Waals surface area contributed by atoms with Gasteiger partial charge in [-0.1, -0.05) is 0 Å². The summed E-state index contributed by atoms with van der Waals surface area (Å²) in [5.41, 5.74) is 0. The smallest absolute Gasteiger partial charge is 0.264 e. The average molecular weight is 278 g/mol. The Hall–Kier alpha value is -0.170. The van der Waals surface area contributed by atoms with Gasteiger partial charge < -0.3 is 0 Å². The molecule has 0 unspecified atom stereocenters. The fourth-order valence-electron chi connectivity index (χ4n) is 1.02. The molecule has 0 aliphatic rings. The molecule has 0 radical (unpaired) electrons. The van der Waals surface area contributed by atoms with Crippen molar-refractivity contribution < 1.29 is 12.6 Å². The van der Waals surface area contributed by atoms with Crippen molar-refractivity contribution in [3.63, 3.8) is 0 Å². The van der Waals surface area contributed by atoms with Crippen molar-refractivity contribution in [1.82, 2.24) is 0 Å². The largest absolute Gasteiger partial charge is 0.269 e. The lowest BCUT2D eigenvalue weighted by Crippen LogP contribution is -2.05. The quantitative estimate of drug-likeness (QED) is 0.454. The van der Waals surface area contributed by atoms with Gasteiger partial charge in [0, 0.05) is 15.5 Å². The zero-order chi connectivity index (χ0) is 12.0. The molecule has 0 N–H and O–H groups in total. The van der Waals surface area contributed by atoms with Crippen LogP contribution >= 0.6 is 23.5 Å². The molecule has 0 aromatic heterocycles. The van der Waals surface area contributed by atoms with Gasteiger partial charge in [0.05, 0.1) is 12.9 Å². The number of hydrogen-bond acceptors (Lipinski definition) is 5. The van der Waals surface area contributed by atoms with Crippen molar-refractivity contribution in [3.05, 3.63) is 24.3 Å². The molecule has 0 aliphatic carbocycles. The van der Waals surface area contributed by atoms with Gasteiger partial charge >= 0.3 is 0 Å². The minimum atomic E-state index is -3.31. The molecule has 16 heavy (non-hydrogen) atoms. The van der Waals surface area contributed by atoms with Gasteiger partial charge in [0.2, 0.25) is 0 Å².